The van der Waals surface area contributed by atoms with Crippen molar-refractivity contribution in [3.63, 3.8) is 0 Å². The minimum absolute atomic E-state index is 0.129. The molecule has 0 aromatic heterocycles. The summed E-state index contributed by atoms with van der Waals surface area (Å²) in [6.45, 7) is 7.45. The van der Waals surface area contributed by atoms with Crippen molar-refractivity contribution in [1.29, 1.82) is 0 Å². The van der Waals surface area contributed by atoms with Gasteiger partial charge in [0.1, 0.15) is 5.60 Å². The Kier molecular flexibility index (Phi) is 5.90. The van der Waals surface area contributed by atoms with Crippen LogP contribution >= 0.6 is 0 Å². The molecule has 7 heteroatoms. The summed E-state index contributed by atoms with van der Waals surface area (Å²) in [4.78, 5) is 14.9. The molecule has 21 heavy (non-hydrogen) atoms. The smallest absolute Gasteiger partial charge is 0.410 e. The minimum Gasteiger partial charge on any atom is -0.444 e. The molecule has 1 aliphatic rings. The van der Waals surface area contributed by atoms with E-state index in [-0.39, 0.29) is 12.1 Å². The van der Waals surface area contributed by atoms with Gasteiger partial charge in [-0.3, -0.25) is 4.90 Å². The first kappa shape index (κ1) is 18.1. The molecule has 1 amide bonds. The van der Waals surface area contributed by atoms with Crippen LogP contribution in [0.5, 0.6) is 0 Å². The second kappa shape index (κ2) is 6.85. The Morgan fingerprint density at radius 3 is 2.14 bits per heavy atom. The number of alkyl halides is 3. The minimum atomic E-state index is -4.18. The van der Waals surface area contributed by atoms with E-state index in [0.29, 0.717) is 32.5 Å². The van der Waals surface area contributed by atoms with Crippen molar-refractivity contribution in [3.8, 4) is 0 Å². The van der Waals surface area contributed by atoms with Gasteiger partial charge in [-0.2, -0.15) is 13.2 Å². The summed E-state index contributed by atoms with van der Waals surface area (Å²) in [6, 6.07) is -0.129. The van der Waals surface area contributed by atoms with Gasteiger partial charge in [-0.15, -0.1) is 0 Å². The summed E-state index contributed by atoms with van der Waals surface area (Å²) < 4.78 is 42.8. The van der Waals surface area contributed by atoms with Crippen molar-refractivity contribution in [3.05, 3.63) is 0 Å². The second-order valence-electron chi connectivity index (χ2n) is 6.38. The molecule has 1 saturated heterocycles. The zero-order valence-corrected chi connectivity index (χ0v) is 13.2. The van der Waals surface area contributed by atoms with Crippen LogP contribution < -0.4 is 0 Å². The van der Waals surface area contributed by atoms with Crippen LogP contribution in [-0.4, -0.2) is 59.9 Å². The molecular formula is C14H25F3N2O2. The Balaban J connectivity index is 2.49. The summed E-state index contributed by atoms with van der Waals surface area (Å²) in [7, 11) is 0. The number of hydrogen-bond acceptors (Lipinski definition) is 3. The molecular weight excluding hydrogens is 285 g/mol. The number of carbonyl (C=O) groups is 1. The van der Waals surface area contributed by atoms with Crippen LogP contribution in [-0.2, 0) is 4.74 Å². The quantitative estimate of drug-likeness (QED) is 0.802. The first-order valence-corrected chi connectivity index (χ1v) is 7.30. The number of likely N-dealkylation sites (tertiary alicyclic amines) is 1. The third-order valence-electron chi connectivity index (χ3n) is 3.42. The Bertz CT molecular complexity index is 345. The monoisotopic (exact) mass is 310 g/mol. The first-order chi connectivity index (χ1) is 9.52. The van der Waals surface area contributed by atoms with Gasteiger partial charge < -0.3 is 9.64 Å². The lowest BCUT2D eigenvalue weighted by Crippen LogP contribution is -2.49. The number of rotatable bonds is 3. The molecule has 1 heterocycles. The van der Waals surface area contributed by atoms with Crippen molar-refractivity contribution in [2.45, 2.75) is 58.4 Å². The van der Waals surface area contributed by atoms with Gasteiger partial charge in [0.25, 0.3) is 0 Å². The highest BCUT2D eigenvalue weighted by Crippen LogP contribution is 2.23. The van der Waals surface area contributed by atoms with E-state index in [1.807, 2.05) is 0 Å². The van der Waals surface area contributed by atoms with Crippen LogP contribution in [0.3, 0.4) is 0 Å². The molecule has 0 aromatic carbocycles. The predicted octanol–water partition coefficient (Wildman–Crippen LogP) is 3.27. The van der Waals surface area contributed by atoms with Gasteiger partial charge in [0.2, 0.25) is 0 Å². The molecule has 0 unspecified atom stereocenters. The average molecular weight is 310 g/mol. The van der Waals surface area contributed by atoms with Gasteiger partial charge in [0.05, 0.1) is 6.54 Å². The van der Waals surface area contributed by atoms with Gasteiger partial charge in [0.15, 0.2) is 0 Å². The molecule has 1 fully saturated rings. The van der Waals surface area contributed by atoms with E-state index >= 15 is 0 Å². The highest BCUT2D eigenvalue weighted by atomic mass is 19.4. The summed E-state index contributed by atoms with van der Waals surface area (Å²) in [5.74, 6) is 0. The molecule has 0 atom stereocenters. The van der Waals surface area contributed by atoms with Crippen LogP contribution in [0, 0.1) is 0 Å². The fourth-order valence-electron chi connectivity index (χ4n) is 2.47. The van der Waals surface area contributed by atoms with Crippen LogP contribution in [0.4, 0.5) is 18.0 Å². The molecule has 0 aliphatic carbocycles. The Morgan fingerprint density at radius 2 is 1.76 bits per heavy atom. The summed E-state index contributed by atoms with van der Waals surface area (Å²) in [5, 5.41) is 0. The van der Waals surface area contributed by atoms with Crippen molar-refractivity contribution in [2.75, 3.05) is 26.2 Å². The maximum absolute atomic E-state index is 12.5. The molecule has 0 aromatic rings. The zero-order valence-electron chi connectivity index (χ0n) is 13.2. The number of halogens is 3. The highest BCUT2D eigenvalue weighted by molar-refractivity contribution is 5.68. The van der Waals surface area contributed by atoms with E-state index in [2.05, 4.69) is 0 Å². The summed E-state index contributed by atoms with van der Waals surface area (Å²) >= 11 is 0. The lowest BCUT2D eigenvalue weighted by Gasteiger charge is -2.38. The van der Waals surface area contributed by atoms with Crippen molar-refractivity contribution >= 4 is 6.09 Å². The number of nitrogens with zero attached hydrogens (tertiary/aromatic N) is 2. The molecule has 1 aliphatic heterocycles. The van der Waals surface area contributed by atoms with Crippen LogP contribution in [0.1, 0.15) is 40.5 Å². The highest BCUT2D eigenvalue weighted by Gasteiger charge is 2.35. The molecule has 0 bridgehead atoms. The number of amides is 1. The average Bonchev–Trinajstić information content (AvgIpc) is 2.33. The van der Waals surface area contributed by atoms with Crippen molar-refractivity contribution < 1.29 is 22.7 Å². The SMILES string of the molecule is CCN(CC(F)(F)F)C1CCN(C(=O)OC(C)(C)C)CC1. The van der Waals surface area contributed by atoms with Crippen molar-refractivity contribution in [1.82, 2.24) is 9.80 Å². The fourth-order valence-corrected chi connectivity index (χ4v) is 2.47. The standard InChI is InChI=1S/C14H25F3N2O2/c1-5-18(10-14(15,16)17)11-6-8-19(9-7-11)12(20)21-13(2,3)4/h11H,5-10H2,1-4H3. The summed E-state index contributed by atoms with van der Waals surface area (Å²) in [6.07, 6.45) is -3.48. The van der Waals surface area contributed by atoms with E-state index in [1.165, 1.54) is 4.90 Å². The molecule has 0 radical (unpaired) electrons. The van der Waals surface area contributed by atoms with Crippen LogP contribution in [0.2, 0.25) is 0 Å². The normalized spacial score (nSPS) is 18.2. The predicted molar refractivity (Wildman–Crippen MR) is 74.1 cm³/mol. The number of carbonyl (C=O) groups excluding carboxylic acids is 1. The summed E-state index contributed by atoms with van der Waals surface area (Å²) in [5.41, 5.74) is -0.556. The molecule has 0 N–H and O–H groups in total. The van der Waals surface area contributed by atoms with E-state index < -0.39 is 18.3 Å². The van der Waals surface area contributed by atoms with E-state index in [1.54, 1.807) is 32.6 Å². The Morgan fingerprint density at radius 1 is 1.24 bits per heavy atom. The van der Waals surface area contributed by atoms with Gasteiger partial charge in [0, 0.05) is 19.1 Å². The van der Waals surface area contributed by atoms with E-state index in [0.717, 1.165) is 0 Å². The van der Waals surface area contributed by atoms with Gasteiger partial charge in [-0.25, -0.2) is 4.79 Å². The third kappa shape index (κ3) is 6.54. The van der Waals surface area contributed by atoms with Gasteiger partial charge >= 0.3 is 12.3 Å². The Hall–Kier alpha value is -0.980. The Labute approximate surface area is 124 Å². The zero-order chi connectivity index (χ0) is 16.3. The molecule has 4 nitrogen and oxygen atoms in total. The second-order valence-corrected chi connectivity index (χ2v) is 6.38. The third-order valence-corrected chi connectivity index (χ3v) is 3.42. The topological polar surface area (TPSA) is 32.8 Å². The number of hydrogen-bond donors (Lipinski definition) is 0. The first-order valence-electron chi connectivity index (χ1n) is 7.30. The maximum atomic E-state index is 12.5. The lowest BCUT2D eigenvalue weighted by molar-refractivity contribution is -0.152. The van der Waals surface area contributed by atoms with Crippen molar-refractivity contribution in [2.24, 2.45) is 0 Å². The van der Waals surface area contributed by atoms with Crippen LogP contribution in [0.25, 0.3) is 0 Å². The molecule has 1 rings (SSSR count). The number of ether oxygens (including phenoxy) is 1. The number of piperidine rings is 1. The van der Waals surface area contributed by atoms with Gasteiger partial charge in [-0.1, -0.05) is 6.92 Å². The van der Waals surface area contributed by atoms with E-state index in [9.17, 15) is 18.0 Å². The maximum Gasteiger partial charge on any atom is 0.410 e. The molecule has 0 saturated carbocycles. The largest absolute Gasteiger partial charge is 0.444 e. The van der Waals surface area contributed by atoms with E-state index in [4.69, 9.17) is 4.74 Å². The van der Waals surface area contributed by atoms with Crippen LogP contribution in [0.15, 0.2) is 0 Å². The van der Waals surface area contributed by atoms with Gasteiger partial charge in [-0.05, 0) is 40.2 Å². The fraction of sp³-hybridized carbons (Fsp3) is 0.929. The molecule has 0 spiro atoms. The lowest BCUT2D eigenvalue weighted by atomic mass is 10.0. The molecule has 124 valence electrons.